The van der Waals surface area contributed by atoms with Crippen LogP contribution >= 0.6 is 0 Å². The van der Waals surface area contributed by atoms with Gasteiger partial charge in [0.15, 0.2) is 0 Å². The first-order valence-corrected chi connectivity index (χ1v) is 6.52. The third-order valence-electron chi connectivity index (χ3n) is 3.50. The molecule has 0 saturated heterocycles. The zero-order valence-corrected chi connectivity index (χ0v) is 10.9. The van der Waals surface area contributed by atoms with Crippen LogP contribution in [0, 0.1) is 0 Å². The fourth-order valence-electron chi connectivity index (χ4n) is 2.45. The van der Waals surface area contributed by atoms with E-state index >= 15 is 0 Å². The summed E-state index contributed by atoms with van der Waals surface area (Å²) in [5.74, 6) is 0.108. The lowest BCUT2D eigenvalue weighted by Gasteiger charge is -2.34. The molecule has 0 bridgehead atoms. The van der Waals surface area contributed by atoms with Crippen molar-refractivity contribution in [3.05, 3.63) is 29.8 Å². The van der Waals surface area contributed by atoms with Gasteiger partial charge in [-0.2, -0.15) is 0 Å². The molecule has 4 nitrogen and oxygen atoms in total. The van der Waals surface area contributed by atoms with E-state index in [1.165, 1.54) is 11.3 Å². The molecule has 98 valence electrons. The SMILES string of the molecule is CNC(=O)CCCN1CCC(N)c2ccccc21. The Hall–Kier alpha value is -1.55. The molecule has 0 aromatic heterocycles. The van der Waals surface area contributed by atoms with Crippen LogP contribution in [0.15, 0.2) is 24.3 Å². The Labute approximate surface area is 108 Å². The van der Waals surface area contributed by atoms with Crippen LogP contribution in [0.1, 0.15) is 30.9 Å². The van der Waals surface area contributed by atoms with Crippen LogP contribution in [0.5, 0.6) is 0 Å². The summed E-state index contributed by atoms with van der Waals surface area (Å²) >= 11 is 0. The number of anilines is 1. The maximum atomic E-state index is 11.2. The Morgan fingerprint density at radius 1 is 1.50 bits per heavy atom. The second-order valence-corrected chi connectivity index (χ2v) is 4.72. The van der Waals surface area contributed by atoms with Crippen LogP contribution in [0.3, 0.4) is 0 Å². The van der Waals surface area contributed by atoms with Gasteiger partial charge in [-0.3, -0.25) is 4.79 Å². The van der Waals surface area contributed by atoms with Crippen molar-refractivity contribution in [1.29, 1.82) is 0 Å². The first kappa shape index (κ1) is 12.9. The normalized spacial score (nSPS) is 18.3. The zero-order chi connectivity index (χ0) is 13.0. The molecule has 1 aromatic carbocycles. The smallest absolute Gasteiger partial charge is 0.219 e. The van der Waals surface area contributed by atoms with Gasteiger partial charge in [0.1, 0.15) is 0 Å². The quantitative estimate of drug-likeness (QED) is 0.846. The van der Waals surface area contributed by atoms with E-state index in [4.69, 9.17) is 5.73 Å². The number of nitrogens with zero attached hydrogens (tertiary/aromatic N) is 1. The van der Waals surface area contributed by atoms with Crippen molar-refractivity contribution < 1.29 is 4.79 Å². The van der Waals surface area contributed by atoms with Gasteiger partial charge in [-0.15, -0.1) is 0 Å². The first-order chi connectivity index (χ1) is 8.72. The van der Waals surface area contributed by atoms with Gasteiger partial charge in [-0.05, 0) is 24.5 Å². The Morgan fingerprint density at radius 2 is 2.28 bits per heavy atom. The average molecular weight is 247 g/mol. The molecule has 4 heteroatoms. The maximum Gasteiger partial charge on any atom is 0.219 e. The number of rotatable bonds is 4. The van der Waals surface area contributed by atoms with Gasteiger partial charge in [-0.25, -0.2) is 0 Å². The van der Waals surface area contributed by atoms with Crippen LogP contribution in [0.25, 0.3) is 0 Å². The molecule has 1 aliphatic heterocycles. The summed E-state index contributed by atoms with van der Waals surface area (Å²) in [6.45, 7) is 1.89. The molecule has 0 spiro atoms. The molecule has 1 aliphatic rings. The monoisotopic (exact) mass is 247 g/mol. The molecule has 0 aliphatic carbocycles. The third-order valence-corrected chi connectivity index (χ3v) is 3.50. The van der Waals surface area contributed by atoms with Gasteiger partial charge in [0, 0.05) is 38.3 Å². The van der Waals surface area contributed by atoms with Crippen molar-refractivity contribution in [3.63, 3.8) is 0 Å². The number of nitrogens with two attached hydrogens (primary N) is 1. The summed E-state index contributed by atoms with van der Waals surface area (Å²) in [6.07, 6.45) is 2.45. The van der Waals surface area contributed by atoms with Crippen molar-refractivity contribution in [1.82, 2.24) is 5.32 Å². The van der Waals surface area contributed by atoms with Crippen molar-refractivity contribution in [3.8, 4) is 0 Å². The topological polar surface area (TPSA) is 58.4 Å². The van der Waals surface area contributed by atoms with Gasteiger partial charge < -0.3 is 16.0 Å². The van der Waals surface area contributed by atoms with E-state index in [9.17, 15) is 4.79 Å². The number of carbonyl (C=O) groups is 1. The van der Waals surface area contributed by atoms with Crippen molar-refractivity contribution in [2.75, 3.05) is 25.0 Å². The Kier molecular flexibility index (Phi) is 4.20. The Morgan fingerprint density at radius 3 is 3.06 bits per heavy atom. The summed E-state index contributed by atoms with van der Waals surface area (Å²) in [6, 6.07) is 8.45. The number of carbonyl (C=O) groups excluding carboxylic acids is 1. The number of amides is 1. The predicted molar refractivity (Wildman–Crippen MR) is 73.5 cm³/mol. The minimum Gasteiger partial charge on any atom is -0.371 e. The second-order valence-electron chi connectivity index (χ2n) is 4.72. The van der Waals surface area contributed by atoms with Crippen molar-refractivity contribution in [2.45, 2.75) is 25.3 Å². The molecule has 0 saturated carbocycles. The van der Waals surface area contributed by atoms with Gasteiger partial charge in [0.2, 0.25) is 5.91 Å². The molecule has 0 radical (unpaired) electrons. The van der Waals surface area contributed by atoms with Crippen LogP contribution < -0.4 is 16.0 Å². The lowest BCUT2D eigenvalue weighted by molar-refractivity contribution is -0.120. The van der Waals surface area contributed by atoms with E-state index in [1.54, 1.807) is 7.05 Å². The molecule has 1 heterocycles. The summed E-state index contributed by atoms with van der Waals surface area (Å²) < 4.78 is 0. The molecule has 1 aromatic rings. The molecule has 3 N–H and O–H groups in total. The first-order valence-electron chi connectivity index (χ1n) is 6.52. The molecule has 1 atom stereocenters. The number of benzene rings is 1. The number of hydrogen-bond acceptors (Lipinski definition) is 3. The summed E-state index contributed by atoms with van der Waals surface area (Å²) in [5, 5.41) is 2.65. The van der Waals surface area contributed by atoms with E-state index < -0.39 is 0 Å². The van der Waals surface area contributed by atoms with Crippen LogP contribution in [-0.2, 0) is 4.79 Å². The number of hydrogen-bond donors (Lipinski definition) is 2. The average Bonchev–Trinajstić information content (AvgIpc) is 2.41. The summed E-state index contributed by atoms with van der Waals surface area (Å²) in [4.78, 5) is 13.5. The molecule has 1 amide bonds. The highest BCUT2D eigenvalue weighted by Gasteiger charge is 2.21. The van der Waals surface area contributed by atoms with Crippen molar-refractivity contribution in [2.24, 2.45) is 5.73 Å². The van der Waals surface area contributed by atoms with Crippen molar-refractivity contribution >= 4 is 11.6 Å². The molecule has 2 rings (SSSR count). The van der Waals surface area contributed by atoms with E-state index in [1.807, 2.05) is 12.1 Å². The minimum atomic E-state index is 0.108. The van der Waals surface area contributed by atoms with Gasteiger partial charge in [0.05, 0.1) is 0 Å². The van der Waals surface area contributed by atoms with Crippen LogP contribution in [0.4, 0.5) is 5.69 Å². The Balaban J connectivity index is 1.98. The van der Waals surface area contributed by atoms with Crippen LogP contribution in [0.2, 0.25) is 0 Å². The molecular formula is C14H21N3O. The van der Waals surface area contributed by atoms with Crippen LogP contribution in [-0.4, -0.2) is 26.0 Å². The highest BCUT2D eigenvalue weighted by Crippen LogP contribution is 2.32. The van der Waals surface area contributed by atoms with E-state index in [0.717, 1.165) is 25.9 Å². The number of fused-ring (bicyclic) bond motifs is 1. The number of para-hydroxylation sites is 1. The fraction of sp³-hybridized carbons (Fsp3) is 0.500. The molecule has 18 heavy (non-hydrogen) atoms. The Bertz CT molecular complexity index is 419. The highest BCUT2D eigenvalue weighted by atomic mass is 16.1. The largest absolute Gasteiger partial charge is 0.371 e. The zero-order valence-electron chi connectivity index (χ0n) is 10.9. The van der Waals surface area contributed by atoms with Gasteiger partial charge in [0.25, 0.3) is 0 Å². The van der Waals surface area contributed by atoms with Gasteiger partial charge in [-0.1, -0.05) is 18.2 Å². The molecule has 1 unspecified atom stereocenters. The number of nitrogens with one attached hydrogen (secondary N) is 1. The fourth-order valence-corrected chi connectivity index (χ4v) is 2.45. The van der Waals surface area contributed by atoms with E-state index in [0.29, 0.717) is 6.42 Å². The minimum absolute atomic E-state index is 0.108. The maximum absolute atomic E-state index is 11.2. The summed E-state index contributed by atoms with van der Waals surface area (Å²) in [7, 11) is 1.68. The highest BCUT2D eigenvalue weighted by molar-refractivity contribution is 5.75. The third kappa shape index (κ3) is 2.82. The standard InChI is InChI=1S/C14H21N3O/c1-16-14(18)7-4-9-17-10-8-12(15)11-5-2-3-6-13(11)17/h2-3,5-6,12H,4,7-10,15H2,1H3,(H,16,18). The van der Waals surface area contributed by atoms with E-state index in [-0.39, 0.29) is 11.9 Å². The van der Waals surface area contributed by atoms with Gasteiger partial charge >= 0.3 is 0 Å². The molecular weight excluding hydrogens is 226 g/mol. The summed E-state index contributed by atoms with van der Waals surface area (Å²) in [5.41, 5.74) is 8.57. The molecule has 0 fully saturated rings. The lowest BCUT2D eigenvalue weighted by atomic mass is 9.97. The predicted octanol–water partition coefficient (Wildman–Crippen LogP) is 1.42. The lowest BCUT2D eigenvalue weighted by Crippen LogP contribution is -2.34. The van der Waals surface area contributed by atoms with E-state index in [2.05, 4.69) is 22.3 Å². The second kappa shape index (κ2) is 5.87.